The van der Waals surface area contributed by atoms with Crippen molar-refractivity contribution in [1.82, 2.24) is 9.36 Å². The monoisotopic (exact) mass is 325 g/mol. The lowest BCUT2D eigenvalue weighted by atomic mass is 10.2. The van der Waals surface area contributed by atoms with Gasteiger partial charge in [-0.1, -0.05) is 29.8 Å². The normalized spacial score (nSPS) is 11.3. The van der Waals surface area contributed by atoms with E-state index in [0.29, 0.717) is 10.6 Å². The van der Waals surface area contributed by atoms with Crippen LogP contribution in [-0.4, -0.2) is 15.6 Å². The van der Waals surface area contributed by atoms with Crippen LogP contribution < -0.4 is 5.56 Å². The lowest BCUT2D eigenvalue weighted by molar-refractivity contribution is 0.630. The van der Waals surface area contributed by atoms with Crippen molar-refractivity contribution in [3.8, 4) is 5.69 Å². The molecule has 0 aliphatic rings. The average Bonchev–Trinajstić information content (AvgIpc) is 2.78. The zero-order valence-electron chi connectivity index (χ0n) is 12.9. The third-order valence-corrected chi connectivity index (χ3v) is 4.02. The van der Waals surface area contributed by atoms with Gasteiger partial charge in [-0.3, -0.25) is 14.5 Å². The Balaban J connectivity index is 2.04. The Morgan fingerprint density at radius 1 is 1.04 bits per heavy atom. The first kappa shape index (κ1) is 15.3. The van der Waals surface area contributed by atoms with Crippen LogP contribution in [0.15, 0.2) is 64.4 Å². The third kappa shape index (κ3) is 2.98. The first-order chi connectivity index (χ1) is 11.1. The molecule has 116 valence electrons. The Kier molecular flexibility index (Phi) is 4.17. The minimum Gasteiger partial charge on any atom is -0.285 e. The van der Waals surface area contributed by atoms with Crippen molar-refractivity contribution >= 4 is 23.5 Å². The molecular weight excluding hydrogens is 310 g/mol. The highest BCUT2D eigenvalue weighted by molar-refractivity contribution is 6.30. The summed E-state index contributed by atoms with van der Waals surface area (Å²) in [7, 11) is 1.86. The fourth-order valence-corrected chi connectivity index (χ4v) is 2.53. The van der Waals surface area contributed by atoms with Crippen molar-refractivity contribution < 1.29 is 0 Å². The molecule has 0 aliphatic heterocycles. The van der Waals surface area contributed by atoms with Gasteiger partial charge in [0.05, 0.1) is 16.9 Å². The Bertz CT molecular complexity index is 906. The van der Waals surface area contributed by atoms with Crippen LogP contribution in [0.5, 0.6) is 0 Å². The second-order valence-corrected chi connectivity index (χ2v) is 5.65. The number of hydrogen-bond acceptors (Lipinski definition) is 2. The Labute approximate surface area is 139 Å². The molecule has 2 aromatic carbocycles. The molecule has 3 rings (SSSR count). The molecule has 0 radical (unpaired) electrons. The summed E-state index contributed by atoms with van der Waals surface area (Å²) in [6.45, 7) is 1.91. The van der Waals surface area contributed by atoms with Gasteiger partial charge in [-0.15, -0.1) is 0 Å². The summed E-state index contributed by atoms with van der Waals surface area (Å²) in [4.78, 5) is 17.1. The third-order valence-electron chi connectivity index (χ3n) is 3.77. The maximum absolute atomic E-state index is 12.7. The SMILES string of the molecule is Cc1c(C=Nc2ccc(Cl)cc2)c(=O)n(-c2ccccc2)n1C. The summed E-state index contributed by atoms with van der Waals surface area (Å²) in [6.07, 6.45) is 1.61. The molecule has 0 saturated carbocycles. The van der Waals surface area contributed by atoms with E-state index in [-0.39, 0.29) is 5.56 Å². The number of aromatic nitrogens is 2. The first-order valence-electron chi connectivity index (χ1n) is 7.21. The van der Waals surface area contributed by atoms with E-state index in [1.165, 1.54) is 0 Å². The van der Waals surface area contributed by atoms with Crippen LogP contribution >= 0.6 is 11.6 Å². The lowest BCUT2D eigenvalue weighted by Crippen LogP contribution is -2.20. The molecule has 23 heavy (non-hydrogen) atoms. The second kappa shape index (κ2) is 6.26. The minimum absolute atomic E-state index is 0.0890. The summed E-state index contributed by atoms with van der Waals surface area (Å²) >= 11 is 5.86. The molecule has 0 bridgehead atoms. The second-order valence-electron chi connectivity index (χ2n) is 5.21. The van der Waals surface area contributed by atoms with Gasteiger partial charge in [0.15, 0.2) is 0 Å². The maximum Gasteiger partial charge on any atom is 0.280 e. The number of para-hydroxylation sites is 1. The highest BCUT2D eigenvalue weighted by atomic mass is 35.5. The van der Waals surface area contributed by atoms with Crippen molar-refractivity contribution in [3.63, 3.8) is 0 Å². The molecular formula is C18H16ClN3O. The summed E-state index contributed by atoms with van der Waals surface area (Å²) in [6, 6.07) is 16.7. The van der Waals surface area contributed by atoms with E-state index in [1.54, 1.807) is 23.0 Å². The van der Waals surface area contributed by atoms with Crippen LogP contribution in [0.1, 0.15) is 11.3 Å². The Hall–Kier alpha value is -2.59. The molecule has 0 aliphatic carbocycles. The molecule has 4 nitrogen and oxygen atoms in total. The largest absolute Gasteiger partial charge is 0.285 e. The van der Waals surface area contributed by atoms with E-state index in [4.69, 9.17) is 11.6 Å². The molecule has 0 atom stereocenters. The number of halogens is 1. The predicted molar refractivity (Wildman–Crippen MR) is 94.5 cm³/mol. The lowest BCUT2D eigenvalue weighted by Gasteiger charge is -2.07. The predicted octanol–water partition coefficient (Wildman–Crippen LogP) is 3.89. The van der Waals surface area contributed by atoms with Crippen LogP contribution in [0, 0.1) is 6.92 Å². The Morgan fingerprint density at radius 2 is 1.70 bits per heavy atom. The number of benzene rings is 2. The smallest absolute Gasteiger partial charge is 0.280 e. The number of aliphatic imine (C=N–C) groups is 1. The van der Waals surface area contributed by atoms with Gasteiger partial charge in [0, 0.05) is 24.0 Å². The summed E-state index contributed by atoms with van der Waals surface area (Å²) in [5.74, 6) is 0. The van der Waals surface area contributed by atoms with Crippen molar-refractivity contribution in [1.29, 1.82) is 0 Å². The molecule has 5 heteroatoms. The molecule has 0 N–H and O–H groups in total. The number of rotatable bonds is 3. The first-order valence-corrected chi connectivity index (χ1v) is 7.59. The van der Waals surface area contributed by atoms with Crippen molar-refractivity contribution in [3.05, 3.63) is 81.2 Å². The molecule has 0 spiro atoms. The van der Waals surface area contributed by atoms with Gasteiger partial charge in [-0.2, -0.15) is 0 Å². The van der Waals surface area contributed by atoms with Crippen LogP contribution in [-0.2, 0) is 7.05 Å². The number of hydrogen-bond donors (Lipinski definition) is 0. The maximum atomic E-state index is 12.7. The van der Waals surface area contributed by atoms with Gasteiger partial charge in [0.1, 0.15) is 0 Å². The van der Waals surface area contributed by atoms with Crippen molar-refractivity contribution in [2.24, 2.45) is 12.0 Å². The summed E-state index contributed by atoms with van der Waals surface area (Å²) in [5, 5.41) is 0.659. The zero-order valence-corrected chi connectivity index (χ0v) is 13.7. The molecule has 1 aromatic heterocycles. The fourth-order valence-electron chi connectivity index (χ4n) is 2.40. The van der Waals surface area contributed by atoms with E-state index in [9.17, 15) is 4.79 Å². The quantitative estimate of drug-likeness (QED) is 0.673. The van der Waals surface area contributed by atoms with Gasteiger partial charge in [-0.25, -0.2) is 4.68 Å². The van der Waals surface area contributed by atoms with E-state index in [1.807, 2.05) is 61.1 Å². The Morgan fingerprint density at radius 3 is 2.35 bits per heavy atom. The molecule has 1 heterocycles. The molecule has 0 saturated heterocycles. The van der Waals surface area contributed by atoms with Crippen LogP contribution in [0.2, 0.25) is 5.02 Å². The van der Waals surface area contributed by atoms with E-state index < -0.39 is 0 Å². The number of nitrogens with zero attached hydrogens (tertiary/aromatic N) is 3. The van der Waals surface area contributed by atoms with Crippen LogP contribution in [0.25, 0.3) is 5.69 Å². The van der Waals surface area contributed by atoms with Gasteiger partial charge in [-0.05, 0) is 43.3 Å². The highest BCUT2D eigenvalue weighted by Gasteiger charge is 2.14. The summed E-state index contributed by atoms with van der Waals surface area (Å²) in [5.41, 5.74) is 2.93. The van der Waals surface area contributed by atoms with Crippen molar-refractivity contribution in [2.45, 2.75) is 6.92 Å². The van der Waals surface area contributed by atoms with Gasteiger partial charge < -0.3 is 0 Å². The molecule has 3 aromatic rings. The zero-order chi connectivity index (χ0) is 16.4. The fraction of sp³-hybridized carbons (Fsp3) is 0.111. The van der Waals surface area contributed by atoms with Gasteiger partial charge >= 0.3 is 0 Å². The standard InChI is InChI=1S/C18H16ClN3O/c1-13-17(12-20-15-10-8-14(19)9-11-15)18(23)22(21(13)2)16-6-4-3-5-7-16/h3-12H,1-2H3. The summed E-state index contributed by atoms with van der Waals surface area (Å²) < 4.78 is 3.47. The molecule has 0 unspecified atom stereocenters. The van der Waals surface area contributed by atoms with E-state index in [2.05, 4.69) is 4.99 Å². The average molecular weight is 326 g/mol. The molecule has 0 amide bonds. The minimum atomic E-state index is -0.0890. The topological polar surface area (TPSA) is 39.3 Å². The van der Waals surface area contributed by atoms with Gasteiger partial charge in [0.25, 0.3) is 5.56 Å². The molecule has 0 fully saturated rings. The van der Waals surface area contributed by atoms with Crippen LogP contribution in [0.4, 0.5) is 5.69 Å². The van der Waals surface area contributed by atoms with E-state index >= 15 is 0 Å². The van der Waals surface area contributed by atoms with Crippen molar-refractivity contribution in [2.75, 3.05) is 0 Å². The highest BCUT2D eigenvalue weighted by Crippen LogP contribution is 2.16. The van der Waals surface area contributed by atoms with Gasteiger partial charge in [0.2, 0.25) is 0 Å². The van der Waals surface area contributed by atoms with Crippen LogP contribution in [0.3, 0.4) is 0 Å². The van der Waals surface area contributed by atoms with E-state index in [0.717, 1.165) is 17.1 Å².